The Bertz CT molecular complexity index is 2530. The number of nitrogens with zero attached hydrogens (tertiary/aromatic N) is 1. The Morgan fingerprint density at radius 1 is 0.333 bits per heavy atom. The summed E-state index contributed by atoms with van der Waals surface area (Å²) in [4.78, 5) is 0. The van der Waals surface area contributed by atoms with Gasteiger partial charge in [0.2, 0.25) is 0 Å². The van der Waals surface area contributed by atoms with Crippen molar-refractivity contribution in [1.29, 1.82) is 0 Å². The lowest BCUT2D eigenvalue weighted by Crippen LogP contribution is -2.34. The average molecular weight is 655 g/mol. The molecular weight excluding hydrogens is 615 g/mol. The van der Waals surface area contributed by atoms with Crippen LogP contribution in [0.2, 0.25) is 0 Å². The van der Waals surface area contributed by atoms with Crippen LogP contribution in [0.15, 0.2) is 188 Å². The molecule has 0 spiro atoms. The molecule has 0 saturated carbocycles. The predicted molar refractivity (Wildman–Crippen MR) is 218 cm³/mol. The van der Waals surface area contributed by atoms with E-state index in [4.69, 9.17) is 0 Å². The molecular formula is C50H40N+. The molecule has 8 aromatic rings. The summed E-state index contributed by atoms with van der Waals surface area (Å²) in [7, 11) is 2.33. The van der Waals surface area contributed by atoms with Crippen LogP contribution in [0.4, 0.5) is 17.1 Å². The Hall–Kier alpha value is -6.02. The summed E-state index contributed by atoms with van der Waals surface area (Å²) >= 11 is 0. The molecule has 0 N–H and O–H groups in total. The van der Waals surface area contributed by atoms with E-state index in [9.17, 15) is 0 Å². The third-order valence-electron chi connectivity index (χ3n) is 11.2. The van der Waals surface area contributed by atoms with Gasteiger partial charge in [0.25, 0.3) is 0 Å². The van der Waals surface area contributed by atoms with Gasteiger partial charge in [-0.2, -0.15) is 0 Å². The van der Waals surface area contributed by atoms with Crippen LogP contribution in [0.1, 0.15) is 25.0 Å². The SMILES string of the molecule is CC1(C)c2cc(-c3ccc(-c4ccc(-c5ccccc5)cc4)cc3)ccc2-c2ccc([N+](C)(c3ccccc3)c3ccc4ccccc4c3)cc21. The monoisotopic (exact) mass is 654 g/mol. The topological polar surface area (TPSA) is 0 Å². The number of hydrogen-bond donors (Lipinski definition) is 0. The number of hydrogen-bond acceptors (Lipinski definition) is 0. The van der Waals surface area contributed by atoms with Crippen molar-refractivity contribution in [1.82, 2.24) is 4.48 Å². The van der Waals surface area contributed by atoms with Crippen LogP contribution in [0.5, 0.6) is 0 Å². The second kappa shape index (κ2) is 12.1. The van der Waals surface area contributed by atoms with Gasteiger partial charge in [-0.3, -0.25) is 0 Å². The molecule has 8 aromatic carbocycles. The molecule has 0 fully saturated rings. The quantitative estimate of drug-likeness (QED) is 0.157. The normalized spacial score (nSPS) is 14.1. The fourth-order valence-electron chi connectivity index (χ4n) is 8.15. The second-order valence-electron chi connectivity index (χ2n) is 14.5. The molecule has 1 aliphatic rings. The van der Waals surface area contributed by atoms with Crippen LogP contribution >= 0.6 is 0 Å². The fourth-order valence-corrected chi connectivity index (χ4v) is 8.15. The minimum atomic E-state index is -0.151. The van der Waals surface area contributed by atoms with E-state index in [0.717, 1.165) is 0 Å². The second-order valence-corrected chi connectivity index (χ2v) is 14.5. The zero-order chi connectivity index (χ0) is 34.6. The lowest BCUT2D eigenvalue weighted by atomic mass is 9.81. The standard InChI is InChI=1S/C50H40N/c1-50(2)48-33-42(40-24-22-39(23-25-40)38-20-18-37(19-21-38)35-12-6-4-7-13-35)27-30-46(48)47-31-29-45(34-49(47)50)51(3,43-16-8-5-9-17-43)44-28-26-36-14-10-11-15-41(36)32-44/h4-34H,1-3H3/q+1. The van der Waals surface area contributed by atoms with E-state index >= 15 is 0 Å². The number of para-hydroxylation sites is 1. The third-order valence-corrected chi connectivity index (χ3v) is 11.2. The van der Waals surface area contributed by atoms with E-state index in [1.807, 2.05) is 0 Å². The molecule has 1 atom stereocenters. The van der Waals surface area contributed by atoms with Crippen molar-refractivity contribution < 1.29 is 0 Å². The van der Waals surface area contributed by atoms with Crippen LogP contribution < -0.4 is 4.48 Å². The summed E-state index contributed by atoms with van der Waals surface area (Å²) in [6, 6.07) is 69.1. The predicted octanol–water partition coefficient (Wildman–Crippen LogP) is 13.7. The average Bonchev–Trinajstić information content (AvgIpc) is 3.43. The van der Waals surface area contributed by atoms with E-state index in [2.05, 4.69) is 209 Å². The van der Waals surface area contributed by atoms with Crippen molar-refractivity contribution in [2.24, 2.45) is 0 Å². The minimum absolute atomic E-state index is 0.151. The van der Waals surface area contributed by atoms with Gasteiger partial charge in [-0.05, 0) is 96.7 Å². The number of quaternary nitrogens is 1. The maximum absolute atomic E-state index is 2.47. The van der Waals surface area contributed by atoms with Crippen molar-refractivity contribution >= 4 is 27.8 Å². The highest BCUT2D eigenvalue weighted by molar-refractivity contribution is 5.89. The molecule has 0 aromatic heterocycles. The van der Waals surface area contributed by atoms with Gasteiger partial charge >= 0.3 is 0 Å². The number of rotatable bonds is 6. The molecule has 0 amide bonds. The number of fused-ring (bicyclic) bond motifs is 4. The zero-order valence-corrected chi connectivity index (χ0v) is 29.3. The molecule has 1 nitrogen and oxygen atoms in total. The molecule has 0 radical (unpaired) electrons. The Kier molecular flexibility index (Phi) is 7.35. The first-order chi connectivity index (χ1) is 24.9. The van der Waals surface area contributed by atoms with Gasteiger partial charge in [-0.25, -0.2) is 4.48 Å². The smallest absolute Gasteiger partial charge is 0.143 e. The largest absolute Gasteiger partial charge is 0.229 e. The highest BCUT2D eigenvalue weighted by Gasteiger charge is 2.39. The Morgan fingerprint density at radius 2 is 0.765 bits per heavy atom. The summed E-state index contributed by atoms with van der Waals surface area (Å²) < 4.78 is 0.581. The molecule has 1 aliphatic carbocycles. The van der Waals surface area contributed by atoms with Crippen LogP contribution in [-0.2, 0) is 5.41 Å². The van der Waals surface area contributed by atoms with E-state index in [1.165, 1.54) is 83.5 Å². The number of benzene rings is 8. The molecule has 51 heavy (non-hydrogen) atoms. The van der Waals surface area contributed by atoms with Crippen molar-refractivity contribution in [2.75, 3.05) is 7.05 Å². The maximum atomic E-state index is 2.47. The fraction of sp³-hybridized carbons (Fsp3) is 0.0800. The molecule has 1 heteroatoms. The van der Waals surface area contributed by atoms with Crippen molar-refractivity contribution in [3.63, 3.8) is 0 Å². The van der Waals surface area contributed by atoms with Gasteiger partial charge in [0.1, 0.15) is 17.1 Å². The van der Waals surface area contributed by atoms with E-state index in [1.54, 1.807) is 0 Å². The first kappa shape index (κ1) is 31.0. The molecule has 0 aliphatic heterocycles. The van der Waals surface area contributed by atoms with Gasteiger partial charge in [-0.1, -0.05) is 147 Å². The lowest BCUT2D eigenvalue weighted by molar-refractivity contribution is 0.619. The van der Waals surface area contributed by atoms with E-state index in [-0.39, 0.29) is 5.41 Å². The first-order valence-corrected chi connectivity index (χ1v) is 17.9. The highest BCUT2D eigenvalue weighted by Crippen LogP contribution is 2.53. The van der Waals surface area contributed by atoms with Gasteiger partial charge in [0.05, 0.1) is 7.05 Å². The van der Waals surface area contributed by atoms with Crippen LogP contribution in [0, 0.1) is 0 Å². The van der Waals surface area contributed by atoms with E-state index < -0.39 is 0 Å². The zero-order valence-electron chi connectivity index (χ0n) is 29.3. The van der Waals surface area contributed by atoms with Gasteiger partial charge in [0, 0.05) is 29.7 Å². The summed E-state index contributed by atoms with van der Waals surface area (Å²) in [6.07, 6.45) is 0. The summed E-state index contributed by atoms with van der Waals surface area (Å²) in [5, 5.41) is 2.51. The molecule has 0 saturated heterocycles. The van der Waals surface area contributed by atoms with Crippen LogP contribution in [-0.4, -0.2) is 7.05 Å². The Labute approximate surface area is 301 Å². The van der Waals surface area contributed by atoms with Gasteiger partial charge in [-0.15, -0.1) is 0 Å². The molecule has 1 unspecified atom stereocenters. The van der Waals surface area contributed by atoms with Crippen molar-refractivity contribution in [3.05, 3.63) is 199 Å². The van der Waals surface area contributed by atoms with E-state index in [0.29, 0.717) is 4.48 Å². The first-order valence-electron chi connectivity index (χ1n) is 17.9. The van der Waals surface area contributed by atoms with Crippen LogP contribution in [0.25, 0.3) is 55.3 Å². The minimum Gasteiger partial charge on any atom is -0.229 e. The Balaban J connectivity index is 1.05. The van der Waals surface area contributed by atoms with Crippen molar-refractivity contribution in [2.45, 2.75) is 19.3 Å². The van der Waals surface area contributed by atoms with Gasteiger partial charge in [0.15, 0.2) is 0 Å². The molecule has 9 rings (SSSR count). The summed E-state index contributed by atoms with van der Waals surface area (Å²) in [5.74, 6) is 0. The van der Waals surface area contributed by atoms with Crippen molar-refractivity contribution in [3.8, 4) is 44.5 Å². The maximum Gasteiger partial charge on any atom is 0.143 e. The summed E-state index contributed by atoms with van der Waals surface area (Å²) in [5.41, 5.74) is 16.4. The van der Waals surface area contributed by atoms with Crippen LogP contribution in [0.3, 0.4) is 0 Å². The summed E-state index contributed by atoms with van der Waals surface area (Å²) in [6.45, 7) is 4.77. The Morgan fingerprint density at radius 3 is 1.39 bits per heavy atom. The third kappa shape index (κ3) is 5.21. The molecule has 244 valence electrons. The highest BCUT2D eigenvalue weighted by atomic mass is 15.3. The molecule has 0 bridgehead atoms. The van der Waals surface area contributed by atoms with Gasteiger partial charge < -0.3 is 0 Å². The lowest BCUT2D eigenvalue weighted by Gasteiger charge is -2.34. The molecule has 0 heterocycles.